The number of rotatable bonds is 24. The number of carboxylic acid groups (broad SMARTS) is 1. The number of aliphatic carboxylic acids is 1. The van der Waals surface area contributed by atoms with E-state index in [1.807, 2.05) is 99.6 Å². The highest BCUT2D eigenvalue weighted by Gasteiger charge is 2.23. The minimum atomic E-state index is -0.826. The van der Waals surface area contributed by atoms with Gasteiger partial charge in [0.1, 0.15) is 18.8 Å². The molecule has 268 valence electrons. The van der Waals surface area contributed by atoms with Crippen molar-refractivity contribution in [3.8, 4) is 11.5 Å². The second-order valence-electron chi connectivity index (χ2n) is 12.2. The third kappa shape index (κ3) is 17.7. The highest BCUT2D eigenvalue weighted by Crippen LogP contribution is 2.31. The molecule has 0 spiro atoms. The summed E-state index contributed by atoms with van der Waals surface area (Å²) >= 11 is 0. The van der Waals surface area contributed by atoms with Gasteiger partial charge in [-0.3, -0.25) is 4.79 Å². The summed E-state index contributed by atoms with van der Waals surface area (Å²) in [6.45, 7) is 9.97. The Bertz CT molecular complexity index is 1350. The van der Waals surface area contributed by atoms with Crippen molar-refractivity contribution >= 4 is 12.1 Å². The molecule has 0 heterocycles. The smallest absolute Gasteiger partial charge is 0.410 e. The predicted molar refractivity (Wildman–Crippen MR) is 185 cm³/mol. The molecule has 0 fully saturated rings. The molecular formula is C38H51NO10. The molecule has 0 radical (unpaired) electrons. The van der Waals surface area contributed by atoms with Crippen LogP contribution in [0.3, 0.4) is 0 Å². The number of benzene rings is 3. The molecule has 0 saturated heterocycles. The average molecular weight is 682 g/mol. The SMILES string of the molecule is CC(C)(C)OC(=O)N(CCOCCOCCOCCOCCCC(=O)O)Cc1ccc(OCc2ccccc2)c(OCc2ccccc2)c1. The van der Waals surface area contributed by atoms with Crippen LogP contribution in [0, 0.1) is 0 Å². The zero-order valence-corrected chi connectivity index (χ0v) is 29.0. The minimum Gasteiger partial charge on any atom is -0.485 e. The molecular weight excluding hydrogens is 630 g/mol. The van der Waals surface area contributed by atoms with Gasteiger partial charge in [0.2, 0.25) is 0 Å². The Morgan fingerprint density at radius 1 is 0.633 bits per heavy atom. The van der Waals surface area contributed by atoms with Gasteiger partial charge in [0.05, 0.1) is 46.2 Å². The number of amides is 1. The first-order chi connectivity index (χ1) is 23.7. The molecule has 0 atom stereocenters. The van der Waals surface area contributed by atoms with Crippen molar-refractivity contribution < 1.29 is 47.9 Å². The fourth-order valence-corrected chi connectivity index (χ4v) is 4.40. The largest absolute Gasteiger partial charge is 0.485 e. The molecule has 11 heteroatoms. The van der Waals surface area contributed by atoms with Gasteiger partial charge in [0.15, 0.2) is 11.5 Å². The summed E-state index contributed by atoms with van der Waals surface area (Å²) < 4.78 is 40.2. The fraction of sp³-hybridized carbons (Fsp3) is 0.474. The normalized spacial score (nSPS) is 11.2. The molecule has 11 nitrogen and oxygen atoms in total. The van der Waals surface area contributed by atoms with Crippen molar-refractivity contribution in [3.05, 3.63) is 95.6 Å². The van der Waals surface area contributed by atoms with Gasteiger partial charge >= 0.3 is 12.1 Å². The van der Waals surface area contributed by atoms with Gasteiger partial charge in [-0.1, -0.05) is 66.7 Å². The maximum atomic E-state index is 13.2. The lowest BCUT2D eigenvalue weighted by Crippen LogP contribution is -2.38. The van der Waals surface area contributed by atoms with Crippen LogP contribution in [0.1, 0.15) is 50.3 Å². The highest BCUT2D eigenvalue weighted by atomic mass is 16.6. The quantitative estimate of drug-likeness (QED) is 0.105. The van der Waals surface area contributed by atoms with Crippen LogP contribution in [-0.4, -0.2) is 87.1 Å². The summed E-state index contributed by atoms with van der Waals surface area (Å²) in [7, 11) is 0. The van der Waals surface area contributed by atoms with Gasteiger partial charge in [0.25, 0.3) is 0 Å². The van der Waals surface area contributed by atoms with E-state index >= 15 is 0 Å². The van der Waals surface area contributed by atoms with Crippen LogP contribution in [-0.2, 0) is 48.2 Å². The van der Waals surface area contributed by atoms with Gasteiger partial charge in [-0.2, -0.15) is 0 Å². The minimum absolute atomic E-state index is 0.0984. The molecule has 0 bridgehead atoms. The number of ether oxygens (including phenoxy) is 7. The van der Waals surface area contributed by atoms with Crippen LogP contribution in [0.2, 0.25) is 0 Å². The summed E-state index contributed by atoms with van der Waals surface area (Å²) in [4.78, 5) is 25.3. The van der Waals surface area contributed by atoms with Crippen molar-refractivity contribution in [3.63, 3.8) is 0 Å². The lowest BCUT2D eigenvalue weighted by molar-refractivity contribution is -0.137. The van der Waals surface area contributed by atoms with Crippen molar-refractivity contribution in [2.45, 2.75) is 59.0 Å². The first-order valence-corrected chi connectivity index (χ1v) is 16.7. The number of carboxylic acids is 1. The Kier molecular flexibility index (Phi) is 18.0. The lowest BCUT2D eigenvalue weighted by Gasteiger charge is -2.27. The number of hydrogen-bond donors (Lipinski definition) is 1. The topological polar surface area (TPSA) is 122 Å². The summed E-state index contributed by atoms with van der Waals surface area (Å²) in [5.74, 6) is 0.372. The number of hydrogen-bond acceptors (Lipinski definition) is 9. The van der Waals surface area contributed by atoms with E-state index in [4.69, 9.17) is 38.3 Å². The summed E-state index contributed by atoms with van der Waals surface area (Å²) in [5.41, 5.74) is 2.28. The predicted octanol–water partition coefficient (Wildman–Crippen LogP) is 6.51. The molecule has 3 aromatic rings. The van der Waals surface area contributed by atoms with Gasteiger partial charge < -0.3 is 43.2 Å². The monoisotopic (exact) mass is 681 g/mol. The maximum absolute atomic E-state index is 13.2. The molecule has 0 saturated carbocycles. The van der Waals surface area contributed by atoms with Gasteiger partial charge in [0, 0.05) is 26.1 Å². The van der Waals surface area contributed by atoms with Crippen molar-refractivity contribution in [2.24, 2.45) is 0 Å². The van der Waals surface area contributed by atoms with Crippen LogP contribution < -0.4 is 9.47 Å². The first-order valence-electron chi connectivity index (χ1n) is 16.7. The van der Waals surface area contributed by atoms with Crippen LogP contribution in [0.25, 0.3) is 0 Å². The Balaban J connectivity index is 1.49. The Morgan fingerprint density at radius 2 is 1.14 bits per heavy atom. The lowest BCUT2D eigenvalue weighted by atomic mass is 10.1. The van der Waals surface area contributed by atoms with E-state index in [1.165, 1.54) is 0 Å². The van der Waals surface area contributed by atoms with Crippen LogP contribution in [0.4, 0.5) is 4.79 Å². The molecule has 3 rings (SSSR count). The Morgan fingerprint density at radius 3 is 1.67 bits per heavy atom. The van der Waals surface area contributed by atoms with E-state index in [9.17, 15) is 9.59 Å². The van der Waals surface area contributed by atoms with E-state index in [-0.39, 0.29) is 13.0 Å². The molecule has 0 unspecified atom stereocenters. The van der Waals surface area contributed by atoms with Crippen molar-refractivity contribution in [1.82, 2.24) is 4.90 Å². The second kappa shape index (κ2) is 22.5. The fourth-order valence-electron chi connectivity index (χ4n) is 4.40. The van der Waals surface area contributed by atoms with Gasteiger partial charge in [-0.15, -0.1) is 0 Å². The number of nitrogens with zero attached hydrogens (tertiary/aromatic N) is 1. The summed E-state index contributed by atoms with van der Waals surface area (Å²) in [6, 6.07) is 25.6. The molecule has 0 aliphatic carbocycles. The van der Waals surface area contributed by atoms with Gasteiger partial charge in [-0.05, 0) is 56.0 Å². The zero-order valence-electron chi connectivity index (χ0n) is 29.0. The first kappa shape index (κ1) is 39.3. The number of carbonyl (C=O) groups excluding carboxylic acids is 1. The van der Waals surface area contributed by atoms with E-state index < -0.39 is 17.7 Å². The van der Waals surface area contributed by atoms with Crippen LogP contribution >= 0.6 is 0 Å². The standard InChI is InChI=1S/C38H51NO10/c1-38(2,3)49-37(42)39(18-20-44-22-24-46-26-25-45-23-21-43-19-10-15-36(40)41)28-33-16-17-34(47-29-31-11-6-4-7-12-31)35(27-33)48-30-32-13-8-5-9-14-32/h4-9,11-14,16-17,27H,10,15,18-26,28-30H2,1-3H3,(H,40,41). The van der Waals surface area contributed by atoms with Crippen LogP contribution in [0.15, 0.2) is 78.9 Å². The summed E-state index contributed by atoms with van der Waals surface area (Å²) in [6.07, 6.45) is 0.143. The molecule has 1 amide bonds. The summed E-state index contributed by atoms with van der Waals surface area (Å²) in [5, 5.41) is 8.61. The molecule has 1 N–H and O–H groups in total. The van der Waals surface area contributed by atoms with Crippen LogP contribution in [0.5, 0.6) is 11.5 Å². The zero-order chi connectivity index (χ0) is 35.2. The molecule has 0 aliphatic heterocycles. The van der Waals surface area contributed by atoms with Crippen molar-refractivity contribution in [1.29, 1.82) is 0 Å². The maximum Gasteiger partial charge on any atom is 0.410 e. The van der Waals surface area contributed by atoms with Crippen molar-refractivity contribution in [2.75, 3.05) is 59.4 Å². The molecule has 0 aliphatic rings. The van der Waals surface area contributed by atoms with Gasteiger partial charge in [-0.25, -0.2) is 4.79 Å². The van der Waals surface area contributed by atoms with E-state index in [0.29, 0.717) is 90.5 Å². The third-order valence-electron chi connectivity index (χ3n) is 6.81. The average Bonchev–Trinajstić information content (AvgIpc) is 3.08. The number of carbonyl (C=O) groups is 2. The molecule has 3 aromatic carbocycles. The third-order valence-corrected chi connectivity index (χ3v) is 6.81. The van der Waals surface area contributed by atoms with E-state index in [1.54, 1.807) is 4.90 Å². The second-order valence-corrected chi connectivity index (χ2v) is 12.2. The molecule has 49 heavy (non-hydrogen) atoms. The van der Waals surface area contributed by atoms with E-state index in [2.05, 4.69) is 0 Å². The van der Waals surface area contributed by atoms with E-state index in [0.717, 1.165) is 16.7 Å². The highest BCUT2D eigenvalue weighted by molar-refractivity contribution is 5.68. The molecule has 0 aromatic heterocycles. The Hall–Kier alpha value is -4.16. The Labute approximate surface area is 290 Å².